The van der Waals surface area contributed by atoms with Gasteiger partial charge in [-0.05, 0) is 37.3 Å². The molecule has 3 rings (SSSR count). The lowest BCUT2D eigenvalue weighted by molar-refractivity contribution is -0.128. The second kappa shape index (κ2) is 6.69. The van der Waals surface area contributed by atoms with Crippen molar-refractivity contribution in [1.29, 1.82) is 0 Å². The van der Waals surface area contributed by atoms with Gasteiger partial charge in [0.1, 0.15) is 17.3 Å². The molecule has 0 spiro atoms. The Bertz CT molecular complexity index is 687. The maximum absolute atomic E-state index is 12.9. The number of nitrogens with one attached hydrogen (secondary N) is 1. The lowest BCUT2D eigenvalue weighted by atomic mass is 10.0. The minimum absolute atomic E-state index is 0.0910. The van der Waals surface area contributed by atoms with E-state index in [0.717, 1.165) is 11.3 Å². The van der Waals surface area contributed by atoms with Gasteiger partial charge in [0.15, 0.2) is 6.10 Å². The van der Waals surface area contributed by atoms with Crippen LogP contribution in [0.4, 0.5) is 4.39 Å². The van der Waals surface area contributed by atoms with Crippen LogP contribution in [0, 0.1) is 5.82 Å². The summed E-state index contributed by atoms with van der Waals surface area (Å²) in [5.41, 5.74) is 0.973. The number of carbonyl (C=O) groups excluding carboxylic acids is 1. The number of carbonyl (C=O) groups is 1. The van der Waals surface area contributed by atoms with Crippen LogP contribution >= 0.6 is 0 Å². The molecule has 0 bridgehead atoms. The minimum Gasteiger partial charge on any atom is -0.493 e. The van der Waals surface area contributed by atoms with E-state index >= 15 is 0 Å². The second-order valence-electron chi connectivity index (χ2n) is 5.45. The highest BCUT2D eigenvalue weighted by Gasteiger charge is 2.25. The van der Waals surface area contributed by atoms with Crippen molar-refractivity contribution in [1.82, 2.24) is 5.32 Å². The van der Waals surface area contributed by atoms with Crippen molar-refractivity contribution in [2.45, 2.75) is 25.5 Å². The van der Waals surface area contributed by atoms with Crippen LogP contribution in [0.1, 0.15) is 24.9 Å². The number of hydrogen-bond acceptors (Lipinski definition) is 3. The van der Waals surface area contributed by atoms with Crippen molar-refractivity contribution in [3.05, 3.63) is 59.9 Å². The molecule has 2 aromatic carbocycles. The summed E-state index contributed by atoms with van der Waals surface area (Å²) in [5, 5.41) is 2.99. The molecule has 0 radical (unpaired) electrons. The Kier molecular flexibility index (Phi) is 4.46. The molecule has 0 saturated heterocycles. The number of ether oxygens (including phenoxy) is 2. The first kappa shape index (κ1) is 15.3. The van der Waals surface area contributed by atoms with E-state index in [4.69, 9.17) is 9.47 Å². The number of para-hydroxylation sites is 1. The van der Waals surface area contributed by atoms with Crippen LogP contribution in [-0.4, -0.2) is 18.6 Å². The van der Waals surface area contributed by atoms with E-state index in [1.807, 2.05) is 24.3 Å². The Morgan fingerprint density at radius 3 is 2.78 bits per heavy atom. The Morgan fingerprint density at radius 2 is 2.00 bits per heavy atom. The van der Waals surface area contributed by atoms with E-state index in [1.165, 1.54) is 24.3 Å². The number of halogens is 1. The maximum Gasteiger partial charge on any atom is 0.261 e. The SMILES string of the molecule is C[C@@H](Oc1ccc(F)cc1)C(=O)N[C@@H]1CCOc2ccccc21. The molecule has 0 aliphatic carbocycles. The molecule has 1 amide bonds. The Hall–Kier alpha value is -2.56. The average molecular weight is 315 g/mol. The molecule has 1 aliphatic heterocycles. The maximum atomic E-state index is 12.9. The fraction of sp³-hybridized carbons (Fsp3) is 0.278. The van der Waals surface area contributed by atoms with Crippen LogP contribution in [0.3, 0.4) is 0 Å². The van der Waals surface area contributed by atoms with Crippen molar-refractivity contribution >= 4 is 5.91 Å². The zero-order chi connectivity index (χ0) is 16.2. The fourth-order valence-corrected chi connectivity index (χ4v) is 2.55. The third kappa shape index (κ3) is 3.62. The molecule has 4 nitrogen and oxygen atoms in total. The first-order valence-electron chi connectivity index (χ1n) is 7.58. The van der Waals surface area contributed by atoms with E-state index < -0.39 is 6.10 Å². The van der Waals surface area contributed by atoms with Gasteiger partial charge in [-0.25, -0.2) is 4.39 Å². The van der Waals surface area contributed by atoms with Gasteiger partial charge in [0.25, 0.3) is 5.91 Å². The molecular weight excluding hydrogens is 297 g/mol. The molecule has 23 heavy (non-hydrogen) atoms. The summed E-state index contributed by atoms with van der Waals surface area (Å²) in [6, 6.07) is 13.2. The van der Waals surface area contributed by atoms with Crippen molar-refractivity contribution in [3.8, 4) is 11.5 Å². The van der Waals surface area contributed by atoms with Gasteiger partial charge < -0.3 is 14.8 Å². The summed E-state index contributed by atoms with van der Waals surface area (Å²) in [6.07, 6.45) is 0.0434. The molecule has 1 heterocycles. The predicted octanol–water partition coefficient (Wildman–Crippen LogP) is 3.23. The highest BCUT2D eigenvalue weighted by molar-refractivity contribution is 5.81. The number of fused-ring (bicyclic) bond motifs is 1. The third-order valence-electron chi connectivity index (χ3n) is 3.77. The normalized spacial score (nSPS) is 17.6. The van der Waals surface area contributed by atoms with Gasteiger partial charge >= 0.3 is 0 Å². The second-order valence-corrected chi connectivity index (χ2v) is 5.45. The highest BCUT2D eigenvalue weighted by atomic mass is 19.1. The Morgan fingerprint density at radius 1 is 1.26 bits per heavy atom. The first-order valence-corrected chi connectivity index (χ1v) is 7.58. The van der Waals surface area contributed by atoms with Gasteiger partial charge in [0.2, 0.25) is 0 Å². The van der Waals surface area contributed by atoms with Crippen LogP contribution in [0.2, 0.25) is 0 Å². The number of benzene rings is 2. The van der Waals surface area contributed by atoms with Crippen molar-refractivity contribution < 1.29 is 18.7 Å². The summed E-state index contributed by atoms with van der Waals surface area (Å²) < 4.78 is 24.0. The van der Waals surface area contributed by atoms with Crippen LogP contribution in [-0.2, 0) is 4.79 Å². The predicted molar refractivity (Wildman–Crippen MR) is 83.9 cm³/mol. The molecule has 0 aromatic heterocycles. The standard InChI is InChI=1S/C18H18FNO3/c1-12(23-14-8-6-13(19)7-9-14)18(21)20-16-10-11-22-17-5-3-2-4-15(16)17/h2-9,12,16H,10-11H2,1H3,(H,20,21)/t12-,16-/m1/s1. The van der Waals surface area contributed by atoms with E-state index in [9.17, 15) is 9.18 Å². The number of hydrogen-bond donors (Lipinski definition) is 1. The fourth-order valence-electron chi connectivity index (χ4n) is 2.55. The molecular formula is C18H18FNO3. The molecule has 1 N–H and O–H groups in total. The smallest absolute Gasteiger partial charge is 0.261 e. The summed E-state index contributed by atoms with van der Waals surface area (Å²) in [6.45, 7) is 2.24. The van der Waals surface area contributed by atoms with Crippen LogP contribution in [0.15, 0.2) is 48.5 Å². The summed E-state index contributed by atoms with van der Waals surface area (Å²) in [5.74, 6) is 0.710. The van der Waals surface area contributed by atoms with Gasteiger partial charge in [-0.1, -0.05) is 18.2 Å². The highest BCUT2D eigenvalue weighted by Crippen LogP contribution is 2.31. The zero-order valence-electron chi connectivity index (χ0n) is 12.8. The van der Waals surface area contributed by atoms with Crippen LogP contribution < -0.4 is 14.8 Å². The lowest BCUT2D eigenvalue weighted by Gasteiger charge is -2.27. The van der Waals surface area contributed by atoms with Crippen molar-refractivity contribution in [3.63, 3.8) is 0 Å². The topological polar surface area (TPSA) is 47.6 Å². The minimum atomic E-state index is -0.671. The first-order chi connectivity index (χ1) is 11.1. The summed E-state index contributed by atoms with van der Waals surface area (Å²) >= 11 is 0. The monoisotopic (exact) mass is 315 g/mol. The van der Waals surface area contributed by atoms with Crippen molar-refractivity contribution in [2.75, 3.05) is 6.61 Å². The molecule has 120 valence electrons. The Labute approximate surface area is 134 Å². The Balaban J connectivity index is 1.64. The zero-order valence-corrected chi connectivity index (χ0v) is 12.8. The summed E-state index contributed by atoms with van der Waals surface area (Å²) in [4.78, 5) is 12.3. The molecule has 1 aliphatic rings. The molecule has 0 unspecified atom stereocenters. The lowest BCUT2D eigenvalue weighted by Crippen LogP contribution is -2.40. The average Bonchev–Trinajstić information content (AvgIpc) is 2.57. The van der Waals surface area contributed by atoms with Gasteiger partial charge in [0, 0.05) is 12.0 Å². The third-order valence-corrected chi connectivity index (χ3v) is 3.77. The van der Waals surface area contributed by atoms with E-state index in [1.54, 1.807) is 6.92 Å². The van der Waals surface area contributed by atoms with Gasteiger partial charge in [-0.2, -0.15) is 0 Å². The van der Waals surface area contributed by atoms with Crippen LogP contribution in [0.5, 0.6) is 11.5 Å². The number of amides is 1. The van der Waals surface area contributed by atoms with Gasteiger partial charge in [-0.15, -0.1) is 0 Å². The quantitative estimate of drug-likeness (QED) is 0.942. The van der Waals surface area contributed by atoms with Gasteiger partial charge in [0.05, 0.1) is 12.6 Å². The van der Waals surface area contributed by atoms with Crippen LogP contribution in [0.25, 0.3) is 0 Å². The van der Waals surface area contributed by atoms with E-state index in [0.29, 0.717) is 18.8 Å². The molecule has 0 saturated carbocycles. The molecule has 0 fully saturated rings. The summed E-state index contributed by atoms with van der Waals surface area (Å²) in [7, 11) is 0. The van der Waals surface area contributed by atoms with Crippen molar-refractivity contribution in [2.24, 2.45) is 0 Å². The molecule has 2 aromatic rings. The van der Waals surface area contributed by atoms with E-state index in [2.05, 4.69) is 5.32 Å². The van der Waals surface area contributed by atoms with Gasteiger partial charge in [-0.3, -0.25) is 4.79 Å². The molecule has 5 heteroatoms. The van der Waals surface area contributed by atoms with E-state index in [-0.39, 0.29) is 17.8 Å². The largest absolute Gasteiger partial charge is 0.493 e. The molecule has 2 atom stereocenters. The number of rotatable bonds is 4.